The Labute approximate surface area is 136 Å². The van der Waals surface area contributed by atoms with Gasteiger partial charge in [-0.3, -0.25) is 4.79 Å². The molecule has 0 aliphatic carbocycles. The third-order valence-electron chi connectivity index (χ3n) is 4.41. The van der Waals surface area contributed by atoms with E-state index in [9.17, 15) is 4.79 Å². The highest BCUT2D eigenvalue weighted by molar-refractivity contribution is 9.10. The number of nitrogens with one attached hydrogen (secondary N) is 1. The van der Waals surface area contributed by atoms with E-state index in [4.69, 9.17) is 0 Å². The van der Waals surface area contributed by atoms with Gasteiger partial charge in [-0.2, -0.15) is 0 Å². The quantitative estimate of drug-likeness (QED) is 0.898. The zero-order chi connectivity index (χ0) is 15.2. The SMILES string of the molecule is CC(CC(=O)N(C)C1CCCNCC1)c1ccc(Br)cc1. The highest BCUT2D eigenvalue weighted by Crippen LogP contribution is 2.23. The van der Waals surface area contributed by atoms with Gasteiger partial charge < -0.3 is 10.2 Å². The van der Waals surface area contributed by atoms with Gasteiger partial charge in [-0.25, -0.2) is 0 Å². The fourth-order valence-electron chi connectivity index (χ4n) is 2.91. The van der Waals surface area contributed by atoms with Gasteiger partial charge in [0.05, 0.1) is 0 Å². The van der Waals surface area contributed by atoms with Crippen molar-refractivity contribution in [1.29, 1.82) is 0 Å². The minimum absolute atomic E-state index is 0.261. The van der Waals surface area contributed by atoms with Crippen molar-refractivity contribution >= 4 is 21.8 Å². The average molecular weight is 353 g/mol. The van der Waals surface area contributed by atoms with E-state index in [1.165, 1.54) is 5.56 Å². The molecule has 21 heavy (non-hydrogen) atoms. The second-order valence-electron chi connectivity index (χ2n) is 6.00. The van der Waals surface area contributed by atoms with Crippen molar-refractivity contribution in [2.45, 2.75) is 44.6 Å². The summed E-state index contributed by atoms with van der Waals surface area (Å²) in [5.74, 6) is 0.522. The smallest absolute Gasteiger partial charge is 0.223 e. The van der Waals surface area contributed by atoms with Crippen LogP contribution in [0.15, 0.2) is 28.7 Å². The Kier molecular flexibility index (Phi) is 6.24. The molecular weight excluding hydrogens is 328 g/mol. The molecule has 1 aliphatic rings. The second-order valence-corrected chi connectivity index (χ2v) is 6.91. The monoisotopic (exact) mass is 352 g/mol. The normalized spacial score (nSPS) is 20.6. The van der Waals surface area contributed by atoms with Gasteiger partial charge in [0.15, 0.2) is 0 Å². The van der Waals surface area contributed by atoms with Gasteiger partial charge in [0, 0.05) is 24.0 Å². The molecule has 0 saturated carbocycles. The summed E-state index contributed by atoms with van der Waals surface area (Å²) in [4.78, 5) is 14.5. The number of nitrogens with zero attached hydrogens (tertiary/aromatic N) is 1. The minimum Gasteiger partial charge on any atom is -0.343 e. The van der Waals surface area contributed by atoms with Crippen molar-refractivity contribution in [2.24, 2.45) is 0 Å². The number of carbonyl (C=O) groups is 1. The Bertz CT molecular complexity index is 452. The van der Waals surface area contributed by atoms with Gasteiger partial charge in [0.25, 0.3) is 0 Å². The van der Waals surface area contributed by atoms with E-state index in [2.05, 4.69) is 40.3 Å². The summed E-state index contributed by atoms with van der Waals surface area (Å²) in [6.07, 6.45) is 3.92. The lowest BCUT2D eigenvalue weighted by atomic mass is 9.96. The fraction of sp³-hybridized carbons (Fsp3) is 0.588. The maximum atomic E-state index is 12.5. The van der Waals surface area contributed by atoms with Gasteiger partial charge in [-0.1, -0.05) is 35.0 Å². The number of hydrogen-bond donors (Lipinski definition) is 1. The minimum atomic E-state index is 0.261. The molecular formula is C17H25BrN2O. The summed E-state index contributed by atoms with van der Waals surface area (Å²) in [6.45, 7) is 4.22. The van der Waals surface area contributed by atoms with Crippen molar-refractivity contribution in [3.8, 4) is 0 Å². The van der Waals surface area contributed by atoms with Gasteiger partial charge >= 0.3 is 0 Å². The van der Waals surface area contributed by atoms with Crippen LogP contribution in [-0.4, -0.2) is 37.0 Å². The Hall–Kier alpha value is -0.870. The predicted octanol–water partition coefficient (Wildman–Crippen LogP) is 3.54. The Morgan fingerprint density at radius 2 is 2.05 bits per heavy atom. The van der Waals surface area contributed by atoms with E-state index in [1.807, 2.05) is 24.1 Å². The van der Waals surface area contributed by atoms with E-state index in [1.54, 1.807) is 0 Å². The van der Waals surface area contributed by atoms with Gasteiger partial charge in [0.1, 0.15) is 0 Å². The first-order valence-electron chi connectivity index (χ1n) is 7.79. The van der Waals surface area contributed by atoms with Crippen LogP contribution in [-0.2, 0) is 4.79 Å². The number of halogens is 1. The Morgan fingerprint density at radius 3 is 2.76 bits per heavy atom. The topological polar surface area (TPSA) is 32.3 Å². The molecule has 1 aromatic carbocycles. The first-order valence-corrected chi connectivity index (χ1v) is 8.59. The van der Waals surface area contributed by atoms with Crippen LogP contribution in [0.3, 0.4) is 0 Å². The van der Waals surface area contributed by atoms with E-state index in [0.29, 0.717) is 12.5 Å². The lowest BCUT2D eigenvalue weighted by Crippen LogP contribution is -2.38. The average Bonchev–Trinajstić information content (AvgIpc) is 2.76. The van der Waals surface area contributed by atoms with E-state index < -0.39 is 0 Å². The van der Waals surface area contributed by atoms with E-state index in [-0.39, 0.29) is 11.8 Å². The fourth-order valence-corrected chi connectivity index (χ4v) is 3.17. The summed E-state index contributed by atoms with van der Waals surface area (Å²) < 4.78 is 1.08. The predicted molar refractivity (Wildman–Crippen MR) is 90.5 cm³/mol. The molecule has 1 N–H and O–H groups in total. The van der Waals surface area contributed by atoms with Gasteiger partial charge in [0.2, 0.25) is 5.91 Å². The molecule has 1 aliphatic heterocycles. The van der Waals surface area contributed by atoms with Gasteiger partial charge in [-0.05, 0) is 56.0 Å². The molecule has 3 nitrogen and oxygen atoms in total. The first-order chi connectivity index (χ1) is 10.1. The molecule has 0 radical (unpaired) electrons. The second kappa shape index (κ2) is 7.95. The molecule has 1 heterocycles. The first kappa shape index (κ1) is 16.5. The number of amides is 1. The molecule has 0 aromatic heterocycles. The van der Waals surface area contributed by atoms with Crippen LogP contribution in [0.1, 0.15) is 44.1 Å². The molecule has 1 saturated heterocycles. The third kappa shape index (κ3) is 4.82. The molecule has 116 valence electrons. The molecule has 0 spiro atoms. The molecule has 2 unspecified atom stereocenters. The van der Waals surface area contributed by atoms with Crippen molar-refractivity contribution < 1.29 is 4.79 Å². The van der Waals surface area contributed by atoms with Crippen molar-refractivity contribution in [1.82, 2.24) is 10.2 Å². The number of rotatable bonds is 4. The summed E-state index contributed by atoms with van der Waals surface area (Å²) >= 11 is 3.45. The molecule has 1 amide bonds. The lowest BCUT2D eigenvalue weighted by molar-refractivity contribution is -0.132. The van der Waals surface area contributed by atoms with E-state index >= 15 is 0 Å². The molecule has 4 heteroatoms. The molecule has 2 rings (SSSR count). The summed E-state index contributed by atoms with van der Waals surface area (Å²) in [7, 11) is 1.96. The number of carbonyl (C=O) groups excluding carboxylic acids is 1. The third-order valence-corrected chi connectivity index (χ3v) is 4.93. The van der Waals surface area contributed by atoms with Gasteiger partial charge in [-0.15, -0.1) is 0 Å². The van der Waals surface area contributed by atoms with Crippen LogP contribution in [0, 0.1) is 0 Å². The van der Waals surface area contributed by atoms with Crippen molar-refractivity contribution in [3.63, 3.8) is 0 Å². The zero-order valence-electron chi connectivity index (χ0n) is 12.9. The Morgan fingerprint density at radius 1 is 1.33 bits per heavy atom. The molecule has 1 fully saturated rings. The largest absolute Gasteiger partial charge is 0.343 e. The highest BCUT2D eigenvalue weighted by atomic mass is 79.9. The van der Waals surface area contributed by atoms with Crippen LogP contribution >= 0.6 is 15.9 Å². The van der Waals surface area contributed by atoms with Crippen LogP contribution in [0.25, 0.3) is 0 Å². The van der Waals surface area contributed by atoms with E-state index in [0.717, 1.165) is 36.8 Å². The van der Waals surface area contributed by atoms with Crippen LogP contribution in [0.4, 0.5) is 0 Å². The maximum Gasteiger partial charge on any atom is 0.223 e. The summed E-state index contributed by atoms with van der Waals surface area (Å²) in [5, 5.41) is 3.40. The van der Waals surface area contributed by atoms with Crippen LogP contribution in [0.5, 0.6) is 0 Å². The lowest BCUT2D eigenvalue weighted by Gasteiger charge is -2.28. The summed E-state index contributed by atoms with van der Waals surface area (Å²) in [6, 6.07) is 8.66. The molecule has 0 bridgehead atoms. The Balaban J connectivity index is 1.91. The number of hydrogen-bond acceptors (Lipinski definition) is 2. The standard InChI is InChI=1S/C17H25BrN2O/c1-13(14-5-7-15(18)8-6-14)12-17(21)20(2)16-4-3-10-19-11-9-16/h5-8,13,16,19H,3-4,9-12H2,1-2H3. The maximum absolute atomic E-state index is 12.5. The molecule has 2 atom stereocenters. The summed E-state index contributed by atoms with van der Waals surface area (Å²) in [5.41, 5.74) is 1.22. The van der Waals surface area contributed by atoms with Crippen LogP contribution < -0.4 is 5.32 Å². The van der Waals surface area contributed by atoms with Crippen molar-refractivity contribution in [3.05, 3.63) is 34.3 Å². The van der Waals surface area contributed by atoms with Crippen LogP contribution in [0.2, 0.25) is 0 Å². The highest BCUT2D eigenvalue weighted by Gasteiger charge is 2.22. The molecule has 1 aromatic rings. The number of benzene rings is 1. The van der Waals surface area contributed by atoms with Crippen molar-refractivity contribution in [2.75, 3.05) is 20.1 Å². The zero-order valence-corrected chi connectivity index (χ0v) is 14.5.